The minimum atomic E-state index is -0.369. The van der Waals surface area contributed by atoms with Crippen LogP contribution in [-0.4, -0.2) is 25.0 Å². The van der Waals surface area contributed by atoms with Gasteiger partial charge in [0.05, 0.1) is 13.0 Å². The standard InChI is InChI=1S/C9H13NO3/c1-3-5-8(11)10-7-6-9(12)13-4-2/h4,6-7H2,1-2H3,(H,10,11). The van der Waals surface area contributed by atoms with E-state index in [9.17, 15) is 9.59 Å². The number of nitrogens with one attached hydrogen (secondary N) is 1. The molecule has 0 spiro atoms. The van der Waals surface area contributed by atoms with Gasteiger partial charge >= 0.3 is 5.97 Å². The highest BCUT2D eigenvalue weighted by Gasteiger charge is 2.01. The maximum atomic E-state index is 10.8. The van der Waals surface area contributed by atoms with Gasteiger partial charge in [-0.3, -0.25) is 9.59 Å². The number of rotatable bonds is 4. The first-order chi connectivity index (χ1) is 6.20. The molecule has 0 aliphatic carbocycles. The molecular weight excluding hydrogens is 170 g/mol. The third-order valence-corrected chi connectivity index (χ3v) is 1.16. The summed E-state index contributed by atoms with van der Waals surface area (Å²) in [6.07, 6.45) is 0.185. The molecule has 0 radical (unpaired) electrons. The zero-order chi connectivity index (χ0) is 10.1. The van der Waals surface area contributed by atoms with E-state index >= 15 is 0 Å². The fourth-order valence-corrected chi connectivity index (χ4v) is 0.669. The van der Waals surface area contributed by atoms with Gasteiger partial charge in [0.25, 0.3) is 5.91 Å². The summed E-state index contributed by atoms with van der Waals surface area (Å²) in [5.41, 5.74) is 0. The summed E-state index contributed by atoms with van der Waals surface area (Å²) in [6, 6.07) is 0. The molecule has 13 heavy (non-hydrogen) atoms. The van der Waals surface area contributed by atoms with E-state index in [1.807, 2.05) is 0 Å². The Kier molecular flexibility index (Phi) is 6.34. The van der Waals surface area contributed by atoms with Crippen LogP contribution in [-0.2, 0) is 14.3 Å². The zero-order valence-corrected chi connectivity index (χ0v) is 7.85. The average molecular weight is 183 g/mol. The van der Waals surface area contributed by atoms with Crippen LogP contribution in [0.25, 0.3) is 0 Å². The van der Waals surface area contributed by atoms with Crippen LogP contribution in [0.1, 0.15) is 20.3 Å². The number of carbonyl (C=O) groups excluding carboxylic acids is 2. The lowest BCUT2D eigenvalue weighted by molar-refractivity contribution is -0.142. The van der Waals surface area contributed by atoms with Crippen molar-refractivity contribution in [3.05, 3.63) is 0 Å². The molecule has 0 fully saturated rings. The SMILES string of the molecule is CC#CC(=O)NCCC(=O)OCC. The van der Waals surface area contributed by atoms with Gasteiger partial charge in [0.15, 0.2) is 0 Å². The van der Waals surface area contributed by atoms with E-state index in [0.717, 1.165) is 0 Å². The molecule has 4 nitrogen and oxygen atoms in total. The van der Waals surface area contributed by atoms with Gasteiger partial charge < -0.3 is 10.1 Å². The summed E-state index contributed by atoms with van der Waals surface area (Å²) in [6.45, 7) is 3.94. The van der Waals surface area contributed by atoms with Crippen LogP contribution in [0.5, 0.6) is 0 Å². The Bertz CT molecular complexity index is 237. The Balaban J connectivity index is 3.48. The third-order valence-electron chi connectivity index (χ3n) is 1.16. The molecule has 1 N–H and O–H groups in total. The van der Waals surface area contributed by atoms with E-state index < -0.39 is 0 Å². The molecule has 0 heterocycles. The first-order valence-electron chi connectivity index (χ1n) is 4.07. The maximum Gasteiger partial charge on any atom is 0.307 e. The highest BCUT2D eigenvalue weighted by Crippen LogP contribution is 1.83. The predicted octanol–water partition coefficient (Wildman–Crippen LogP) is 0.0791. The van der Waals surface area contributed by atoms with E-state index in [1.54, 1.807) is 13.8 Å². The minimum absolute atomic E-state index is 0.185. The van der Waals surface area contributed by atoms with Crippen molar-refractivity contribution in [3.63, 3.8) is 0 Å². The van der Waals surface area contributed by atoms with Gasteiger partial charge in [-0.2, -0.15) is 0 Å². The van der Waals surface area contributed by atoms with Crippen LogP contribution in [0, 0.1) is 11.8 Å². The van der Waals surface area contributed by atoms with Crippen molar-refractivity contribution in [1.29, 1.82) is 0 Å². The molecule has 0 atom stereocenters. The van der Waals surface area contributed by atoms with Crippen molar-refractivity contribution in [2.45, 2.75) is 20.3 Å². The highest BCUT2D eigenvalue weighted by molar-refractivity contribution is 5.93. The Morgan fingerprint density at radius 3 is 2.69 bits per heavy atom. The molecule has 0 aromatic heterocycles. The average Bonchev–Trinajstić information content (AvgIpc) is 2.05. The molecule has 4 heteroatoms. The molecule has 0 saturated heterocycles. The van der Waals surface area contributed by atoms with Crippen LogP contribution in [0.3, 0.4) is 0 Å². The topological polar surface area (TPSA) is 55.4 Å². The fourth-order valence-electron chi connectivity index (χ4n) is 0.669. The van der Waals surface area contributed by atoms with Crippen molar-refractivity contribution in [1.82, 2.24) is 5.32 Å². The number of carbonyl (C=O) groups is 2. The molecule has 0 saturated carbocycles. The molecule has 1 amide bonds. The lowest BCUT2D eigenvalue weighted by Gasteiger charge is -2.01. The van der Waals surface area contributed by atoms with Crippen LogP contribution in [0.2, 0.25) is 0 Å². The Morgan fingerprint density at radius 1 is 1.46 bits per heavy atom. The molecule has 0 unspecified atom stereocenters. The fraction of sp³-hybridized carbons (Fsp3) is 0.556. The smallest absolute Gasteiger partial charge is 0.307 e. The van der Waals surface area contributed by atoms with Crippen LogP contribution >= 0.6 is 0 Å². The number of amides is 1. The van der Waals surface area contributed by atoms with Gasteiger partial charge in [-0.1, -0.05) is 5.92 Å². The monoisotopic (exact) mass is 183 g/mol. The van der Waals surface area contributed by atoms with E-state index in [2.05, 4.69) is 21.9 Å². The van der Waals surface area contributed by atoms with Crippen molar-refractivity contribution in [2.24, 2.45) is 0 Å². The quantitative estimate of drug-likeness (QED) is 0.496. The van der Waals surface area contributed by atoms with Crippen molar-refractivity contribution in [2.75, 3.05) is 13.2 Å². The first kappa shape index (κ1) is 11.5. The Hall–Kier alpha value is -1.50. The second-order valence-electron chi connectivity index (χ2n) is 2.19. The molecule has 0 aliphatic rings. The summed E-state index contributed by atoms with van der Waals surface area (Å²) < 4.78 is 4.66. The molecule has 72 valence electrons. The summed E-state index contributed by atoms with van der Waals surface area (Å²) in [5, 5.41) is 2.46. The number of esters is 1. The second-order valence-corrected chi connectivity index (χ2v) is 2.19. The van der Waals surface area contributed by atoms with E-state index in [4.69, 9.17) is 0 Å². The van der Waals surface area contributed by atoms with Crippen LogP contribution < -0.4 is 5.32 Å². The summed E-state index contributed by atoms with van der Waals surface area (Å²) >= 11 is 0. The predicted molar refractivity (Wildman–Crippen MR) is 47.7 cm³/mol. The Morgan fingerprint density at radius 2 is 2.15 bits per heavy atom. The summed E-state index contributed by atoms with van der Waals surface area (Å²) in [4.78, 5) is 21.5. The van der Waals surface area contributed by atoms with Gasteiger partial charge in [0.1, 0.15) is 0 Å². The molecule has 0 bridgehead atoms. The lowest BCUT2D eigenvalue weighted by atomic mass is 10.4. The van der Waals surface area contributed by atoms with E-state index in [0.29, 0.717) is 6.61 Å². The number of ether oxygens (including phenoxy) is 1. The second kappa shape index (κ2) is 7.17. The lowest BCUT2D eigenvalue weighted by Crippen LogP contribution is -2.25. The maximum absolute atomic E-state index is 10.8. The van der Waals surface area contributed by atoms with Crippen LogP contribution in [0.4, 0.5) is 0 Å². The molecule has 0 aliphatic heterocycles. The van der Waals surface area contributed by atoms with Crippen molar-refractivity contribution in [3.8, 4) is 11.8 Å². The van der Waals surface area contributed by atoms with Gasteiger partial charge in [0, 0.05) is 6.54 Å². The minimum Gasteiger partial charge on any atom is -0.466 e. The zero-order valence-electron chi connectivity index (χ0n) is 7.85. The van der Waals surface area contributed by atoms with Crippen molar-refractivity contribution < 1.29 is 14.3 Å². The third kappa shape index (κ3) is 6.88. The molecular formula is C9H13NO3. The molecule has 0 rings (SSSR count). The summed E-state index contributed by atoms with van der Waals surface area (Å²) in [7, 11) is 0. The highest BCUT2D eigenvalue weighted by atomic mass is 16.5. The van der Waals surface area contributed by atoms with Gasteiger partial charge in [-0.25, -0.2) is 0 Å². The number of hydrogen-bond acceptors (Lipinski definition) is 3. The van der Waals surface area contributed by atoms with E-state index in [-0.39, 0.29) is 24.8 Å². The normalized spacial score (nSPS) is 8.15. The molecule has 0 aromatic carbocycles. The molecule has 0 aromatic rings. The van der Waals surface area contributed by atoms with E-state index in [1.165, 1.54) is 0 Å². The van der Waals surface area contributed by atoms with Gasteiger partial charge in [-0.05, 0) is 19.8 Å². The van der Waals surface area contributed by atoms with Crippen LogP contribution in [0.15, 0.2) is 0 Å². The van der Waals surface area contributed by atoms with Gasteiger partial charge in [0.2, 0.25) is 0 Å². The summed E-state index contributed by atoms with van der Waals surface area (Å²) in [5.74, 6) is 4.07. The first-order valence-corrected chi connectivity index (χ1v) is 4.07. The Labute approximate surface area is 77.6 Å². The largest absolute Gasteiger partial charge is 0.466 e. The van der Waals surface area contributed by atoms with Gasteiger partial charge in [-0.15, -0.1) is 0 Å². The van der Waals surface area contributed by atoms with Crippen molar-refractivity contribution >= 4 is 11.9 Å². The number of hydrogen-bond donors (Lipinski definition) is 1.